The standard InChI is InChI=1S/C18H23N3O4S/c1-2-17(22)20-9-6-13(7-10-20)18(23)21-11-8-15-14(12-21)4-3-5-16(15)26(19,24)25/h2-5,13H,1,6-12H2,(H2,19,24,25). The van der Waals surface area contributed by atoms with Gasteiger partial charge in [-0.1, -0.05) is 18.7 Å². The van der Waals surface area contributed by atoms with Gasteiger partial charge >= 0.3 is 0 Å². The smallest absolute Gasteiger partial charge is 0.245 e. The van der Waals surface area contributed by atoms with Crippen molar-refractivity contribution >= 4 is 21.8 Å². The number of benzene rings is 1. The lowest BCUT2D eigenvalue weighted by Gasteiger charge is -2.36. The third-order valence-corrected chi connectivity index (χ3v) is 6.17. The van der Waals surface area contributed by atoms with Gasteiger partial charge in [-0.2, -0.15) is 0 Å². The average Bonchev–Trinajstić information content (AvgIpc) is 2.65. The lowest BCUT2D eigenvalue weighted by Crippen LogP contribution is -2.45. The summed E-state index contributed by atoms with van der Waals surface area (Å²) in [5.41, 5.74) is 1.54. The lowest BCUT2D eigenvalue weighted by atomic mass is 9.93. The van der Waals surface area contributed by atoms with Crippen molar-refractivity contribution in [3.8, 4) is 0 Å². The van der Waals surface area contributed by atoms with Gasteiger partial charge in [0.05, 0.1) is 4.90 Å². The molecule has 2 heterocycles. The molecule has 0 atom stereocenters. The van der Waals surface area contributed by atoms with Gasteiger partial charge in [0.2, 0.25) is 21.8 Å². The van der Waals surface area contributed by atoms with Crippen molar-refractivity contribution in [2.24, 2.45) is 11.1 Å². The van der Waals surface area contributed by atoms with Gasteiger partial charge in [-0.25, -0.2) is 13.6 Å². The molecule has 0 unspecified atom stereocenters. The van der Waals surface area contributed by atoms with Gasteiger partial charge in [0.1, 0.15) is 0 Å². The summed E-state index contributed by atoms with van der Waals surface area (Å²) in [4.78, 5) is 28.1. The van der Waals surface area contributed by atoms with E-state index in [0.29, 0.717) is 51.0 Å². The van der Waals surface area contributed by atoms with Crippen LogP contribution in [0.2, 0.25) is 0 Å². The van der Waals surface area contributed by atoms with Crippen LogP contribution in [0.4, 0.5) is 0 Å². The zero-order valence-corrected chi connectivity index (χ0v) is 15.4. The Morgan fingerprint density at radius 2 is 1.85 bits per heavy atom. The lowest BCUT2D eigenvalue weighted by molar-refractivity contribution is -0.140. The molecule has 0 aliphatic carbocycles. The molecule has 1 fully saturated rings. The minimum absolute atomic E-state index is 0.0716. The van der Waals surface area contributed by atoms with Crippen molar-refractivity contribution < 1.29 is 18.0 Å². The zero-order chi connectivity index (χ0) is 18.9. The number of primary sulfonamides is 1. The second kappa shape index (κ2) is 7.20. The molecular formula is C18H23N3O4S. The summed E-state index contributed by atoms with van der Waals surface area (Å²) in [5.74, 6) is -0.132. The molecule has 1 aromatic carbocycles. The number of hydrogen-bond acceptors (Lipinski definition) is 4. The Balaban J connectivity index is 1.69. The number of rotatable bonds is 3. The summed E-state index contributed by atoms with van der Waals surface area (Å²) in [6.45, 7) is 5.47. The first-order chi connectivity index (χ1) is 12.3. The van der Waals surface area contributed by atoms with Crippen LogP contribution in [0.25, 0.3) is 0 Å². The topological polar surface area (TPSA) is 101 Å². The number of carbonyl (C=O) groups excluding carboxylic acids is 2. The van der Waals surface area contributed by atoms with Gasteiger partial charge in [0.25, 0.3) is 0 Å². The molecule has 3 rings (SSSR count). The fourth-order valence-electron chi connectivity index (χ4n) is 3.76. The molecule has 140 valence electrons. The van der Waals surface area contributed by atoms with E-state index >= 15 is 0 Å². The molecular weight excluding hydrogens is 354 g/mol. The van der Waals surface area contributed by atoms with E-state index in [1.54, 1.807) is 15.9 Å². The summed E-state index contributed by atoms with van der Waals surface area (Å²) in [7, 11) is -3.77. The maximum absolute atomic E-state index is 12.9. The van der Waals surface area contributed by atoms with Gasteiger partial charge in [0, 0.05) is 32.1 Å². The van der Waals surface area contributed by atoms with Crippen molar-refractivity contribution in [3.63, 3.8) is 0 Å². The van der Waals surface area contributed by atoms with Crippen LogP contribution in [-0.2, 0) is 32.6 Å². The van der Waals surface area contributed by atoms with E-state index in [9.17, 15) is 18.0 Å². The van der Waals surface area contributed by atoms with Gasteiger partial charge in [-0.05, 0) is 42.5 Å². The fourth-order valence-corrected chi connectivity index (χ4v) is 4.61. The van der Waals surface area contributed by atoms with E-state index in [4.69, 9.17) is 5.14 Å². The van der Waals surface area contributed by atoms with E-state index in [1.807, 2.05) is 6.07 Å². The zero-order valence-electron chi connectivity index (χ0n) is 14.6. The Morgan fingerprint density at radius 3 is 2.46 bits per heavy atom. The molecule has 26 heavy (non-hydrogen) atoms. The minimum Gasteiger partial charge on any atom is -0.339 e. The largest absolute Gasteiger partial charge is 0.339 e. The van der Waals surface area contributed by atoms with Crippen molar-refractivity contribution in [3.05, 3.63) is 42.0 Å². The molecule has 0 spiro atoms. The van der Waals surface area contributed by atoms with Crippen molar-refractivity contribution in [2.45, 2.75) is 30.7 Å². The predicted molar refractivity (Wildman–Crippen MR) is 96.4 cm³/mol. The average molecular weight is 377 g/mol. The first-order valence-electron chi connectivity index (χ1n) is 8.65. The summed E-state index contributed by atoms with van der Waals surface area (Å²) in [6.07, 6.45) is 3.05. The van der Waals surface area contributed by atoms with Crippen LogP contribution >= 0.6 is 0 Å². The predicted octanol–water partition coefficient (Wildman–Crippen LogP) is 0.643. The summed E-state index contributed by atoms with van der Waals surface area (Å²) in [5, 5.41) is 5.29. The third kappa shape index (κ3) is 3.66. The first-order valence-corrected chi connectivity index (χ1v) is 10.2. The number of nitrogens with zero attached hydrogens (tertiary/aromatic N) is 2. The van der Waals surface area contributed by atoms with Crippen molar-refractivity contribution in [1.29, 1.82) is 0 Å². The molecule has 1 aromatic rings. The molecule has 7 nitrogen and oxygen atoms in total. The first kappa shape index (κ1) is 18.6. The van der Waals surface area contributed by atoms with E-state index in [0.717, 1.165) is 5.56 Å². The minimum atomic E-state index is -3.77. The number of piperidine rings is 1. The van der Waals surface area contributed by atoms with Crippen LogP contribution in [0.3, 0.4) is 0 Å². The van der Waals surface area contributed by atoms with Crippen LogP contribution < -0.4 is 5.14 Å². The Morgan fingerprint density at radius 1 is 1.15 bits per heavy atom. The monoisotopic (exact) mass is 377 g/mol. The number of fused-ring (bicyclic) bond motifs is 1. The maximum Gasteiger partial charge on any atom is 0.245 e. The van der Waals surface area contributed by atoms with Crippen molar-refractivity contribution in [2.75, 3.05) is 19.6 Å². The molecule has 1 saturated heterocycles. The van der Waals surface area contributed by atoms with Gasteiger partial charge in [-0.15, -0.1) is 0 Å². The van der Waals surface area contributed by atoms with Crippen molar-refractivity contribution in [1.82, 2.24) is 9.80 Å². The highest BCUT2D eigenvalue weighted by Crippen LogP contribution is 2.28. The highest BCUT2D eigenvalue weighted by molar-refractivity contribution is 7.89. The number of nitrogens with two attached hydrogens (primary N) is 1. The Hall–Kier alpha value is -2.19. The maximum atomic E-state index is 12.9. The SMILES string of the molecule is C=CC(=O)N1CCC(C(=O)N2CCc3c(cccc3S(N)(=O)=O)C2)CC1. The molecule has 2 aliphatic rings. The van der Waals surface area contributed by atoms with E-state index in [2.05, 4.69) is 6.58 Å². The molecule has 0 bridgehead atoms. The second-order valence-electron chi connectivity index (χ2n) is 6.75. The van der Waals surface area contributed by atoms with E-state index in [-0.39, 0.29) is 22.6 Å². The normalized spacial score (nSPS) is 18.3. The third-order valence-electron chi connectivity index (χ3n) is 5.17. The quantitative estimate of drug-likeness (QED) is 0.781. The number of sulfonamides is 1. The Labute approximate surface area is 153 Å². The highest BCUT2D eigenvalue weighted by Gasteiger charge is 2.32. The summed E-state index contributed by atoms with van der Waals surface area (Å²) in [6, 6.07) is 5.01. The molecule has 8 heteroatoms. The van der Waals surface area contributed by atoms with Crippen LogP contribution in [-0.4, -0.2) is 49.7 Å². The van der Waals surface area contributed by atoms with E-state index < -0.39 is 10.0 Å². The van der Waals surface area contributed by atoms with Crippen LogP contribution in [0.5, 0.6) is 0 Å². The highest BCUT2D eigenvalue weighted by atomic mass is 32.2. The number of likely N-dealkylation sites (tertiary alicyclic amines) is 1. The fraction of sp³-hybridized carbons (Fsp3) is 0.444. The second-order valence-corrected chi connectivity index (χ2v) is 8.28. The van der Waals surface area contributed by atoms with Gasteiger partial charge in [-0.3, -0.25) is 9.59 Å². The van der Waals surface area contributed by atoms with Gasteiger partial charge < -0.3 is 9.80 Å². The van der Waals surface area contributed by atoms with Crippen LogP contribution in [0.1, 0.15) is 24.0 Å². The summed E-state index contributed by atoms with van der Waals surface area (Å²) >= 11 is 0. The molecule has 0 radical (unpaired) electrons. The molecule has 2 amide bonds. The number of hydrogen-bond donors (Lipinski definition) is 1. The number of carbonyl (C=O) groups is 2. The molecule has 2 N–H and O–H groups in total. The Bertz CT molecular complexity index is 842. The summed E-state index contributed by atoms with van der Waals surface area (Å²) < 4.78 is 23.5. The van der Waals surface area contributed by atoms with E-state index in [1.165, 1.54) is 12.1 Å². The molecule has 0 saturated carbocycles. The number of amides is 2. The van der Waals surface area contributed by atoms with Crippen LogP contribution in [0.15, 0.2) is 35.7 Å². The van der Waals surface area contributed by atoms with Gasteiger partial charge in [0.15, 0.2) is 0 Å². The molecule has 2 aliphatic heterocycles. The Kier molecular flexibility index (Phi) is 5.15. The van der Waals surface area contributed by atoms with Crippen LogP contribution in [0, 0.1) is 5.92 Å². The molecule has 0 aromatic heterocycles.